The Balaban J connectivity index is 2.56. The van der Waals surface area contributed by atoms with Gasteiger partial charge in [0.2, 0.25) is 0 Å². The summed E-state index contributed by atoms with van der Waals surface area (Å²) < 4.78 is 28.4. The standard InChI is InChI=1S/C14H14F2N2O2/c1-8(2)6-18-7-11(14(19)20)13(17-18)10-5-9(15)3-4-12(10)16/h3-5,7-8H,6H2,1-2H3,(H,19,20). The van der Waals surface area contributed by atoms with E-state index in [4.69, 9.17) is 5.11 Å². The minimum absolute atomic E-state index is 0.0600. The molecule has 106 valence electrons. The quantitative estimate of drug-likeness (QED) is 0.935. The second kappa shape index (κ2) is 5.40. The van der Waals surface area contributed by atoms with Crippen molar-refractivity contribution in [3.63, 3.8) is 0 Å². The molecule has 0 aliphatic rings. The lowest BCUT2D eigenvalue weighted by Crippen LogP contribution is -2.04. The van der Waals surface area contributed by atoms with Crippen molar-refractivity contribution < 1.29 is 18.7 Å². The van der Waals surface area contributed by atoms with Crippen LogP contribution in [0.25, 0.3) is 11.3 Å². The molecule has 4 nitrogen and oxygen atoms in total. The molecule has 1 heterocycles. The van der Waals surface area contributed by atoms with Crippen LogP contribution in [0.2, 0.25) is 0 Å². The molecule has 0 saturated carbocycles. The van der Waals surface area contributed by atoms with Gasteiger partial charge in [-0.05, 0) is 24.1 Å². The lowest BCUT2D eigenvalue weighted by atomic mass is 10.1. The summed E-state index contributed by atoms with van der Waals surface area (Å²) in [6.45, 7) is 4.40. The normalized spacial score (nSPS) is 11.1. The van der Waals surface area contributed by atoms with Crippen molar-refractivity contribution in [1.29, 1.82) is 0 Å². The van der Waals surface area contributed by atoms with Gasteiger partial charge < -0.3 is 5.11 Å². The fraction of sp³-hybridized carbons (Fsp3) is 0.286. The summed E-state index contributed by atoms with van der Waals surface area (Å²) >= 11 is 0. The zero-order valence-electron chi connectivity index (χ0n) is 11.1. The molecule has 1 aromatic carbocycles. The maximum atomic E-state index is 13.8. The molecular weight excluding hydrogens is 266 g/mol. The second-order valence-corrected chi connectivity index (χ2v) is 4.94. The third-order valence-corrected chi connectivity index (χ3v) is 2.73. The summed E-state index contributed by atoms with van der Waals surface area (Å²) in [5, 5.41) is 13.2. The molecule has 6 heteroatoms. The van der Waals surface area contributed by atoms with E-state index < -0.39 is 17.6 Å². The average Bonchev–Trinajstić information content (AvgIpc) is 2.75. The molecule has 0 bridgehead atoms. The van der Waals surface area contributed by atoms with Crippen LogP contribution >= 0.6 is 0 Å². The van der Waals surface area contributed by atoms with Crippen molar-refractivity contribution in [2.75, 3.05) is 0 Å². The molecule has 2 aromatic rings. The summed E-state index contributed by atoms with van der Waals surface area (Å²) in [4.78, 5) is 11.2. The van der Waals surface area contributed by atoms with E-state index in [0.29, 0.717) is 6.54 Å². The van der Waals surface area contributed by atoms with Crippen LogP contribution in [0.4, 0.5) is 8.78 Å². The van der Waals surface area contributed by atoms with Crippen LogP contribution in [0.1, 0.15) is 24.2 Å². The van der Waals surface area contributed by atoms with Crippen molar-refractivity contribution in [2.45, 2.75) is 20.4 Å². The largest absolute Gasteiger partial charge is 0.478 e. The highest BCUT2D eigenvalue weighted by Crippen LogP contribution is 2.26. The van der Waals surface area contributed by atoms with E-state index in [2.05, 4.69) is 5.10 Å². The number of nitrogens with zero attached hydrogens (tertiary/aromatic N) is 2. The van der Waals surface area contributed by atoms with Crippen LogP contribution in [0.15, 0.2) is 24.4 Å². The van der Waals surface area contributed by atoms with E-state index in [0.717, 1.165) is 18.2 Å². The lowest BCUT2D eigenvalue weighted by Gasteiger charge is -2.04. The van der Waals surface area contributed by atoms with E-state index in [-0.39, 0.29) is 22.7 Å². The van der Waals surface area contributed by atoms with Gasteiger partial charge in [-0.25, -0.2) is 13.6 Å². The third-order valence-electron chi connectivity index (χ3n) is 2.73. The average molecular weight is 280 g/mol. The van der Waals surface area contributed by atoms with Gasteiger partial charge in [-0.1, -0.05) is 13.8 Å². The number of hydrogen-bond acceptors (Lipinski definition) is 2. The Hall–Kier alpha value is -2.24. The summed E-state index contributed by atoms with van der Waals surface area (Å²) in [6.07, 6.45) is 1.34. The third kappa shape index (κ3) is 2.84. The Bertz CT molecular complexity index is 651. The van der Waals surface area contributed by atoms with Crippen LogP contribution < -0.4 is 0 Å². The van der Waals surface area contributed by atoms with Gasteiger partial charge >= 0.3 is 5.97 Å². The molecule has 1 N–H and O–H groups in total. The van der Waals surface area contributed by atoms with E-state index in [1.54, 1.807) is 0 Å². The first-order valence-corrected chi connectivity index (χ1v) is 6.14. The van der Waals surface area contributed by atoms with Gasteiger partial charge in [0.25, 0.3) is 0 Å². The van der Waals surface area contributed by atoms with Gasteiger partial charge in [0.05, 0.1) is 0 Å². The molecule has 0 saturated heterocycles. The van der Waals surface area contributed by atoms with Crippen molar-refractivity contribution in [2.24, 2.45) is 5.92 Å². The van der Waals surface area contributed by atoms with Crippen LogP contribution in [-0.2, 0) is 6.54 Å². The first kappa shape index (κ1) is 14.2. The molecule has 20 heavy (non-hydrogen) atoms. The van der Waals surface area contributed by atoms with Crippen molar-refractivity contribution in [3.8, 4) is 11.3 Å². The predicted molar refractivity (Wildman–Crippen MR) is 69.4 cm³/mol. The van der Waals surface area contributed by atoms with Crippen molar-refractivity contribution in [1.82, 2.24) is 9.78 Å². The van der Waals surface area contributed by atoms with E-state index >= 15 is 0 Å². The Morgan fingerprint density at radius 3 is 2.70 bits per heavy atom. The number of halogens is 2. The zero-order valence-corrected chi connectivity index (χ0v) is 11.1. The zero-order chi connectivity index (χ0) is 14.9. The second-order valence-electron chi connectivity index (χ2n) is 4.94. The Morgan fingerprint density at radius 2 is 2.10 bits per heavy atom. The van der Waals surface area contributed by atoms with Gasteiger partial charge in [0.1, 0.15) is 22.9 Å². The van der Waals surface area contributed by atoms with E-state index in [1.165, 1.54) is 10.9 Å². The number of hydrogen-bond donors (Lipinski definition) is 1. The summed E-state index contributed by atoms with van der Waals surface area (Å²) in [5.41, 5.74) is -0.352. The summed E-state index contributed by atoms with van der Waals surface area (Å²) in [6, 6.07) is 2.88. The molecule has 0 radical (unpaired) electrons. The number of benzene rings is 1. The maximum Gasteiger partial charge on any atom is 0.339 e. The molecule has 2 rings (SSSR count). The van der Waals surface area contributed by atoms with E-state index in [1.807, 2.05) is 13.8 Å². The Labute approximate surface area is 114 Å². The van der Waals surface area contributed by atoms with Crippen molar-refractivity contribution in [3.05, 3.63) is 41.6 Å². The number of aromatic nitrogens is 2. The smallest absolute Gasteiger partial charge is 0.339 e. The number of rotatable bonds is 4. The predicted octanol–water partition coefficient (Wildman–Crippen LogP) is 3.18. The number of aromatic carboxylic acids is 1. The SMILES string of the molecule is CC(C)Cn1cc(C(=O)O)c(-c2cc(F)ccc2F)n1. The highest BCUT2D eigenvalue weighted by Gasteiger charge is 2.20. The Kier molecular flexibility index (Phi) is 3.83. The number of carbonyl (C=O) groups is 1. The molecule has 0 atom stereocenters. The Morgan fingerprint density at radius 1 is 1.40 bits per heavy atom. The molecule has 0 aliphatic carbocycles. The molecule has 0 spiro atoms. The van der Waals surface area contributed by atoms with Crippen LogP contribution in [0.3, 0.4) is 0 Å². The first-order valence-electron chi connectivity index (χ1n) is 6.14. The fourth-order valence-corrected chi connectivity index (χ4v) is 1.92. The maximum absolute atomic E-state index is 13.8. The first-order chi connectivity index (χ1) is 9.38. The monoisotopic (exact) mass is 280 g/mol. The molecule has 0 fully saturated rings. The highest BCUT2D eigenvalue weighted by molar-refractivity contribution is 5.94. The molecule has 0 aliphatic heterocycles. The number of carboxylic acid groups (broad SMARTS) is 1. The molecular formula is C14H14F2N2O2. The fourth-order valence-electron chi connectivity index (χ4n) is 1.92. The van der Waals surface area contributed by atoms with Crippen molar-refractivity contribution >= 4 is 5.97 Å². The van der Waals surface area contributed by atoms with Gasteiger partial charge in [-0.15, -0.1) is 0 Å². The van der Waals surface area contributed by atoms with Gasteiger partial charge in [-0.3, -0.25) is 4.68 Å². The van der Waals surface area contributed by atoms with E-state index in [9.17, 15) is 13.6 Å². The molecule has 1 aromatic heterocycles. The van der Waals surface area contributed by atoms with Gasteiger partial charge in [0.15, 0.2) is 0 Å². The minimum Gasteiger partial charge on any atom is -0.478 e. The molecule has 0 unspecified atom stereocenters. The lowest BCUT2D eigenvalue weighted by molar-refractivity contribution is 0.0697. The number of carboxylic acids is 1. The minimum atomic E-state index is -1.22. The summed E-state index contributed by atoms with van der Waals surface area (Å²) in [5.74, 6) is -2.32. The van der Waals surface area contributed by atoms with Crippen LogP contribution in [0, 0.1) is 17.6 Å². The topological polar surface area (TPSA) is 55.1 Å². The van der Waals surface area contributed by atoms with Crippen LogP contribution in [0.5, 0.6) is 0 Å². The van der Waals surface area contributed by atoms with Crippen LogP contribution in [-0.4, -0.2) is 20.9 Å². The summed E-state index contributed by atoms with van der Waals surface area (Å²) in [7, 11) is 0. The molecule has 0 amide bonds. The van der Waals surface area contributed by atoms with Gasteiger partial charge in [0, 0.05) is 18.3 Å². The van der Waals surface area contributed by atoms with Gasteiger partial charge in [-0.2, -0.15) is 5.10 Å². The highest BCUT2D eigenvalue weighted by atomic mass is 19.1.